The third-order valence-corrected chi connectivity index (χ3v) is 3.13. The Bertz CT molecular complexity index is 538. The highest BCUT2D eigenvalue weighted by molar-refractivity contribution is 5.78. The van der Waals surface area contributed by atoms with Gasteiger partial charge in [-0.25, -0.2) is 4.39 Å². The molecular weight excluding hydrogens is 257 g/mol. The van der Waals surface area contributed by atoms with E-state index in [2.05, 4.69) is 19.2 Å². The molecule has 0 amide bonds. The lowest BCUT2D eigenvalue weighted by Crippen LogP contribution is -2.26. The second-order valence-corrected chi connectivity index (χ2v) is 4.89. The molecule has 1 aromatic heterocycles. The first-order valence-electron chi connectivity index (χ1n) is 7.25. The van der Waals surface area contributed by atoms with Gasteiger partial charge in [-0.3, -0.25) is 0 Å². The summed E-state index contributed by atoms with van der Waals surface area (Å²) in [4.78, 5) is 0. The monoisotopic (exact) mass is 279 g/mol. The molecule has 3 nitrogen and oxygen atoms in total. The zero-order valence-corrected chi connectivity index (χ0v) is 12.1. The first-order valence-corrected chi connectivity index (χ1v) is 7.25. The average molecular weight is 279 g/mol. The van der Waals surface area contributed by atoms with Crippen LogP contribution in [-0.4, -0.2) is 19.8 Å². The quantitative estimate of drug-likeness (QED) is 0.741. The summed E-state index contributed by atoms with van der Waals surface area (Å²) < 4.78 is 25.0. The van der Waals surface area contributed by atoms with E-state index in [4.69, 9.17) is 9.15 Å². The number of para-hydroxylation sites is 1. The summed E-state index contributed by atoms with van der Waals surface area (Å²) in [7, 11) is 0. The van der Waals surface area contributed by atoms with E-state index in [0.29, 0.717) is 12.2 Å². The van der Waals surface area contributed by atoms with Gasteiger partial charge in [-0.1, -0.05) is 26.0 Å². The number of furan rings is 1. The van der Waals surface area contributed by atoms with Crippen LogP contribution >= 0.6 is 0 Å². The first kappa shape index (κ1) is 15.0. The Hall–Kier alpha value is -1.39. The summed E-state index contributed by atoms with van der Waals surface area (Å²) in [6.45, 7) is 6.31. The van der Waals surface area contributed by atoms with E-state index in [0.717, 1.165) is 37.1 Å². The van der Waals surface area contributed by atoms with Crippen LogP contribution in [0.15, 0.2) is 28.7 Å². The molecule has 0 aliphatic rings. The van der Waals surface area contributed by atoms with Gasteiger partial charge in [0.05, 0.1) is 12.6 Å². The lowest BCUT2D eigenvalue weighted by Gasteiger charge is -2.16. The maximum atomic E-state index is 13.7. The van der Waals surface area contributed by atoms with Gasteiger partial charge in [-0.2, -0.15) is 0 Å². The number of halogens is 1. The third kappa shape index (κ3) is 3.58. The number of hydrogen-bond donors (Lipinski definition) is 1. The Morgan fingerprint density at radius 2 is 2.15 bits per heavy atom. The molecule has 0 bridgehead atoms. The molecule has 1 aromatic carbocycles. The van der Waals surface area contributed by atoms with Crippen LogP contribution in [0.5, 0.6) is 0 Å². The van der Waals surface area contributed by atoms with Crippen molar-refractivity contribution in [2.24, 2.45) is 0 Å². The van der Waals surface area contributed by atoms with Gasteiger partial charge < -0.3 is 14.5 Å². The van der Waals surface area contributed by atoms with E-state index in [-0.39, 0.29) is 11.9 Å². The van der Waals surface area contributed by atoms with Gasteiger partial charge in [0, 0.05) is 12.0 Å². The Morgan fingerprint density at radius 1 is 1.30 bits per heavy atom. The molecule has 0 saturated carbocycles. The van der Waals surface area contributed by atoms with Crippen LogP contribution in [0, 0.1) is 5.82 Å². The standard InChI is InChI=1S/C16H22FNO2/c1-3-8-18-14(11-19-9-4-2)15-10-12-6-5-7-13(17)16(12)20-15/h5-7,10,14,18H,3-4,8-9,11H2,1-2H3. The minimum absolute atomic E-state index is 0.0340. The van der Waals surface area contributed by atoms with Crippen molar-refractivity contribution in [3.05, 3.63) is 35.8 Å². The van der Waals surface area contributed by atoms with Gasteiger partial charge in [-0.05, 0) is 31.5 Å². The molecule has 110 valence electrons. The molecule has 1 unspecified atom stereocenters. The number of fused-ring (bicyclic) bond motifs is 1. The first-order chi connectivity index (χ1) is 9.76. The molecule has 0 aliphatic heterocycles. The van der Waals surface area contributed by atoms with E-state index in [1.807, 2.05) is 12.1 Å². The lowest BCUT2D eigenvalue weighted by atomic mass is 10.2. The summed E-state index contributed by atoms with van der Waals surface area (Å²) in [5.41, 5.74) is 0.321. The number of benzene rings is 1. The molecule has 0 spiro atoms. The third-order valence-electron chi connectivity index (χ3n) is 3.13. The fraction of sp³-hybridized carbons (Fsp3) is 0.500. The predicted octanol–water partition coefficient (Wildman–Crippen LogP) is 4.04. The van der Waals surface area contributed by atoms with Crippen molar-refractivity contribution in [3.63, 3.8) is 0 Å². The van der Waals surface area contributed by atoms with Crippen molar-refractivity contribution in [2.75, 3.05) is 19.8 Å². The Morgan fingerprint density at radius 3 is 2.85 bits per heavy atom. The second-order valence-electron chi connectivity index (χ2n) is 4.89. The summed E-state index contributed by atoms with van der Waals surface area (Å²) >= 11 is 0. The van der Waals surface area contributed by atoms with Gasteiger partial charge in [0.2, 0.25) is 0 Å². The van der Waals surface area contributed by atoms with E-state index >= 15 is 0 Å². The Kier molecular flexibility index (Phi) is 5.56. The summed E-state index contributed by atoms with van der Waals surface area (Å²) in [6.07, 6.45) is 2.01. The van der Waals surface area contributed by atoms with Crippen LogP contribution < -0.4 is 5.32 Å². The van der Waals surface area contributed by atoms with Crippen molar-refractivity contribution < 1.29 is 13.5 Å². The molecule has 1 atom stereocenters. The largest absolute Gasteiger partial charge is 0.456 e. The van der Waals surface area contributed by atoms with Gasteiger partial charge in [0.25, 0.3) is 0 Å². The van der Waals surface area contributed by atoms with E-state index in [1.54, 1.807) is 6.07 Å². The van der Waals surface area contributed by atoms with Gasteiger partial charge >= 0.3 is 0 Å². The maximum Gasteiger partial charge on any atom is 0.169 e. The van der Waals surface area contributed by atoms with Gasteiger partial charge in [0.1, 0.15) is 5.76 Å². The topological polar surface area (TPSA) is 34.4 Å². The van der Waals surface area contributed by atoms with Crippen LogP contribution in [0.25, 0.3) is 11.0 Å². The molecule has 2 aromatic rings. The molecule has 0 aliphatic carbocycles. The second kappa shape index (κ2) is 7.41. The molecular formula is C16H22FNO2. The summed E-state index contributed by atoms with van der Waals surface area (Å²) in [5, 5.41) is 4.17. The number of nitrogens with one attached hydrogen (secondary N) is 1. The van der Waals surface area contributed by atoms with Crippen molar-refractivity contribution in [1.82, 2.24) is 5.32 Å². The van der Waals surface area contributed by atoms with E-state index in [9.17, 15) is 4.39 Å². The fourth-order valence-corrected chi connectivity index (χ4v) is 2.12. The van der Waals surface area contributed by atoms with Crippen molar-refractivity contribution in [3.8, 4) is 0 Å². The minimum atomic E-state index is -0.322. The normalized spacial score (nSPS) is 12.9. The molecule has 0 fully saturated rings. The van der Waals surface area contributed by atoms with Gasteiger partial charge in [0.15, 0.2) is 11.4 Å². The maximum absolute atomic E-state index is 13.7. The smallest absolute Gasteiger partial charge is 0.169 e. The average Bonchev–Trinajstić information content (AvgIpc) is 2.88. The number of ether oxygens (including phenoxy) is 1. The highest BCUT2D eigenvalue weighted by Gasteiger charge is 2.17. The molecule has 4 heteroatoms. The van der Waals surface area contributed by atoms with E-state index in [1.165, 1.54) is 6.07 Å². The zero-order chi connectivity index (χ0) is 14.4. The van der Waals surface area contributed by atoms with Crippen LogP contribution in [0.2, 0.25) is 0 Å². The number of hydrogen-bond acceptors (Lipinski definition) is 3. The fourth-order valence-electron chi connectivity index (χ4n) is 2.12. The Labute approximate surface area is 119 Å². The van der Waals surface area contributed by atoms with Crippen molar-refractivity contribution in [1.29, 1.82) is 0 Å². The Balaban J connectivity index is 2.18. The molecule has 2 rings (SSSR count). The molecule has 0 radical (unpaired) electrons. The predicted molar refractivity (Wildman–Crippen MR) is 78.3 cm³/mol. The molecule has 1 heterocycles. The van der Waals surface area contributed by atoms with Crippen LogP contribution in [0.1, 0.15) is 38.5 Å². The highest BCUT2D eigenvalue weighted by atomic mass is 19.1. The van der Waals surface area contributed by atoms with Crippen LogP contribution in [-0.2, 0) is 4.74 Å². The SMILES string of the molecule is CCCNC(COCCC)c1cc2cccc(F)c2o1. The van der Waals surface area contributed by atoms with Crippen LogP contribution in [0.3, 0.4) is 0 Å². The zero-order valence-electron chi connectivity index (χ0n) is 12.1. The van der Waals surface area contributed by atoms with E-state index < -0.39 is 0 Å². The van der Waals surface area contributed by atoms with Crippen LogP contribution in [0.4, 0.5) is 4.39 Å². The highest BCUT2D eigenvalue weighted by Crippen LogP contribution is 2.26. The van der Waals surface area contributed by atoms with Gasteiger partial charge in [-0.15, -0.1) is 0 Å². The molecule has 1 N–H and O–H groups in total. The van der Waals surface area contributed by atoms with Crippen molar-refractivity contribution >= 4 is 11.0 Å². The molecule has 0 saturated heterocycles. The lowest BCUT2D eigenvalue weighted by molar-refractivity contribution is 0.106. The summed E-state index contributed by atoms with van der Waals surface area (Å²) in [5.74, 6) is 0.409. The minimum Gasteiger partial charge on any atom is -0.456 e. The number of rotatable bonds is 8. The molecule has 20 heavy (non-hydrogen) atoms. The summed E-state index contributed by atoms with van der Waals surface area (Å²) in [6, 6.07) is 6.82. The van der Waals surface area contributed by atoms with Crippen molar-refractivity contribution in [2.45, 2.75) is 32.7 Å².